The van der Waals surface area contributed by atoms with Crippen molar-refractivity contribution in [3.63, 3.8) is 0 Å². The van der Waals surface area contributed by atoms with Gasteiger partial charge in [0.25, 0.3) is 0 Å². The van der Waals surface area contributed by atoms with E-state index in [-0.39, 0.29) is 0 Å². The molecular formula is C32H18BF16N. The lowest BCUT2D eigenvalue weighted by Gasteiger charge is -2.44. The Morgan fingerprint density at radius 1 is 0.440 bits per heavy atom. The summed E-state index contributed by atoms with van der Waals surface area (Å²) in [5.41, 5.74) is -7.39. The third kappa shape index (κ3) is 5.60. The van der Waals surface area contributed by atoms with Gasteiger partial charge in [-0.2, -0.15) is 21.9 Å². The van der Waals surface area contributed by atoms with E-state index in [4.69, 9.17) is 0 Å². The minimum absolute atomic E-state index is 0.621. The van der Waals surface area contributed by atoms with E-state index >= 15 is 17.6 Å². The molecular weight excluding hydrogens is 713 g/mol. The van der Waals surface area contributed by atoms with Crippen molar-refractivity contribution in [2.45, 2.75) is 31.7 Å². The standard InChI is InChI=1S/C24H4BF16.C8H13N/c26-9-1-5(13(30)21(38)17(9)34)25(6-2-10(27)18(35)22(39)14(6)31,7-3-11(28)19(36)23(40)15(7)32)8-4-12(29)20(37)24(41)16(8)33;1-9-7-3-2-4-8(9)6-5-7/h1-4H;3,8H,2,4-6H2,1H3/q-1;/p+1/t;8-/m.1/s1. The summed E-state index contributed by atoms with van der Waals surface area (Å²) in [5.74, 6) is -44.3. The second kappa shape index (κ2) is 13.3. The predicted octanol–water partition coefficient (Wildman–Crippen LogP) is 5.63. The zero-order valence-electron chi connectivity index (χ0n) is 24.9. The Balaban J connectivity index is 0.000000462. The van der Waals surface area contributed by atoms with Gasteiger partial charge >= 0.3 is 0 Å². The van der Waals surface area contributed by atoms with Gasteiger partial charge in [0.2, 0.25) is 0 Å². The predicted molar refractivity (Wildman–Crippen MR) is 147 cm³/mol. The molecule has 6 rings (SSSR count). The lowest BCUT2D eigenvalue weighted by molar-refractivity contribution is -0.858. The highest BCUT2D eigenvalue weighted by Crippen LogP contribution is 2.26. The van der Waals surface area contributed by atoms with Crippen molar-refractivity contribution >= 4 is 28.0 Å². The van der Waals surface area contributed by atoms with Gasteiger partial charge in [-0.3, -0.25) is 0 Å². The van der Waals surface area contributed by atoms with Crippen LogP contribution in [0.25, 0.3) is 0 Å². The summed E-state index contributed by atoms with van der Waals surface area (Å²) in [7, 11) is 2.31. The van der Waals surface area contributed by atoms with Crippen LogP contribution in [0.5, 0.6) is 0 Å². The second-order valence-corrected chi connectivity index (χ2v) is 11.6. The Kier molecular flexibility index (Phi) is 9.82. The average molecular weight is 731 g/mol. The monoisotopic (exact) mass is 731 g/mol. The Hall–Kier alpha value is -4.48. The number of benzene rings is 4. The molecule has 2 heterocycles. The fourth-order valence-electron chi connectivity index (χ4n) is 6.72. The quantitative estimate of drug-likeness (QED) is 0.120. The molecule has 4 aromatic carbocycles. The van der Waals surface area contributed by atoms with Gasteiger partial charge in [0.05, 0.1) is 13.1 Å². The molecule has 0 aliphatic carbocycles. The summed E-state index contributed by atoms with van der Waals surface area (Å²) >= 11 is 0. The lowest BCUT2D eigenvalue weighted by Crippen LogP contribution is -3.09. The van der Waals surface area contributed by atoms with Crippen molar-refractivity contribution in [2.24, 2.45) is 0 Å². The number of nitrogens with one attached hydrogen (secondary N) is 1. The molecule has 0 amide bonds. The van der Waals surface area contributed by atoms with Gasteiger partial charge in [-0.15, -0.1) is 0 Å². The first-order chi connectivity index (χ1) is 23.4. The molecule has 1 fully saturated rings. The fourth-order valence-corrected chi connectivity index (χ4v) is 6.72. The summed E-state index contributed by atoms with van der Waals surface area (Å²) in [4.78, 5) is 1.70. The number of halogens is 16. The second-order valence-electron chi connectivity index (χ2n) is 11.6. The van der Waals surface area contributed by atoms with Crippen molar-refractivity contribution in [3.8, 4) is 0 Å². The zero-order valence-corrected chi connectivity index (χ0v) is 24.9. The molecule has 1 nitrogen and oxygen atoms in total. The van der Waals surface area contributed by atoms with Gasteiger partial charge in [0.1, 0.15) is 35.1 Å². The number of allylic oxidation sites excluding steroid dienone is 2. The van der Waals surface area contributed by atoms with Gasteiger partial charge in [-0.1, -0.05) is 24.3 Å². The number of rotatable bonds is 4. The number of fused-ring (bicyclic) bond motifs is 2. The molecule has 1 unspecified atom stereocenters. The van der Waals surface area contributed by atoms with Crippen LogP contribution in [0.1, 0.15) is 25.7 Å². The normalized spacial score (nSPS) is 17.1. The molecule has 266 valence electrons. The van der Waals surface area contributed by atoms with Gasteiger partial charge in [0, 0.05) is 19.3 Å². The summed E-state index contributed by atoms with van der Waals surface area (Å²) in [6, 6.07) is -1.51. The summed E-state index contributed by atoms with van der Waals surface area (Å²) < 4.78 is 232. The highest BCUT2D eigenvalue weighted by Gasteiger charge is 2.45. The fraction of sp³-hybridized carbons (Fsp3) is 0.188. The van der Waals surface area contributed by atoms with E-state index in [0.717, 1.165) is 6.04 Å². The first-order valence-electron chi connectivity index (χ1n) is 14.4. The highest BCUT2D eigenvalue weighted by atomic mass is 19.2. The van der Waals surface area contributed by atoms with E-state index in [1.54, 1.807) is 10.6 Å². The van der Waals surface area contributed by atoms with Crippen LogP contribution in [0.2, 0.25) is 0 Å². The maximum atomic E-state index is 15.3. The summed E-state index contributed by atoms with van der Waals surface area (Å²) in [6.07, 6.45) is 2.40. The third-order valence-corrected chi connectivity index (χ3v) is 9.18. The maximum absolute atomic E-state index is 15.3. The third-order valence-electron chi connectivity index (χ3n) is 9.18. The van der Waals surface area contributed by atoms with Crippen molar-refractivity contribution in [1.82, 2.24) is 0 Å². The van der Waals surface area contributed by atoms with Crippen LogP contribution < -0.4 is 26.8 Å². The Morgan fingerprint density at radius 2 is 0.740 bits per heavy atom. The van der Waals surface area contributed by atoms with Crippen LogP contribution in [-0.2, 0) is 0 Å². The van der Waals surface area contributed by atoms with Crippen LogP contribution in [0.15, 0.2) is 36.0 Å². The van der Waals surface area contributed by atoms with Crippen LogP contribution in [0.4, 0.5) is 70.2 Å². The molecule has 18 heteroatoms. The van der Waals surface area contributed by atoms with Crippen LogP contribution in [0, 0.1) is 93.1 Å². The SMILES string of the molecule is C[NH+]1C2=CCC[C@@H]1CC2.Fc1cc([B-](c2cc(F)c(F)c(F)c2F)(c2cc(F)c(F)c(F)c2F)c2cc(F)c(F)c(F)c2F)c(F)c(F)c1F. The summed E-state index contributed by atoms with van der Waals surface area (Å²) in [5, 5.41) is 0. The molecule has 1 N–H and O–H groups in total. The van der Waals surface area contributed by atoms with Crippen LogP contribution >= 0.6 is 0 Å². The molecule has 0 radical (unpaired) electrons. The van der Waals surface area contributed by atoms with E-state index in [1.165, 1.54) is 25.7 Å². The number of hydrogen-bond acceptors (Lipinski definition) is 0. The van der Waals surface area contributed by atoms with Crippen LogP contribution in [-0.4, -0.2) is 19.2 Å². The van der Waals surface area contributed by atoms with E-state index in [2.05, 4.69) is 13.1 Å². The smallest absolute Gasteiger partial charge is 0.197 e. The maximum Gasteiger partial charge on any atom is 0.197 e. The lowest BCUT2D eigenvalue weighted by atomic mass is 9.12. The molecule has 0 spiro atoms. The van der Waals surface area contributed by atoms with Crippen molar-refractivity contribution in [1.29, 1.82) is 0 Å². The Morgan fingerprint density at radius 3 is 1.00 bits per heavy atom. The molecule has 50 heavy (non-hydrogen) atoms. The first kappa shape index (κ1) is 36.8. The van der Waals surface area contributed by atoms with E-state index < -0.39 is 145 Å². The van der Waals surface area contributed by atoms with Crippen LogP contribution in [0.3, 0.4) is 0 Å². The Labute approximate surface area is 271 Å². The molecule has 0 aromatic heterocycles. The average Bonchev–Trinajstić information content (AvgIpc) is 3.27. The van der Waals surface area contributed by atoms with Gasteiger partial charge in [0.15, 0.2) is 69.8 Å². The van der Waals surface area contributed by atoms with Gasteiger partial charge < -0.3 is 4.90 Å². The van der Waals surface area contributed by atoms with E-state index in [1.807, 2.05) is 0 Å². The Bertz CT molecular complexity index is 1820. The number of quaternary nitrogens is 1. The minimum Gasteiger partial charge on any atom is -0.306 e. The van der Waals surface area contributed by atoms with Gasteiger partial charge in [-0.25, -0.2) is 70.2 Å². The first-order valence-corrected chi connectivity index (χ1v) is 14.4. The molecule has 2 aliphatic heterocycles. The van der Waals surface area contributed by atoms with E-state index in [0.29, 0.717) is 0 Å². The molecule has 4 aromatic rings. The molecule has 1 saturated heterocycles. The topological polar surface area (TPSA) is 4.44 Å². The molecule has 2 bridgehead atoms. The van der Waals surface area contributed by atoms with Gasteiger partial charge in [-0.05, 0) is 12.5 Å². The molecule has 2 aliphatic rings. The van der Waals surface area contributed by atoms with Crippen molar-refractivity contribution < 1.29 is 75.1 Å². The molecule has 0 saturated carbocycles. The van der Waals surface area contributed by atoms with Crippen molar-refractivity contribution in [3.05, 3.63) is 129 Å². The highest BCUT2D eigenvalue weighted by molar-refractivity contribution is 7.20. The molecule has 2 atom stereocenters. The summed E-state index contributed by atoms with van der Waals surface area (Å²) in [6.45, 7) is 0. The van der Waals surface area contributed by atoms with E-state index in [9.17, 15) is 52.7 Å². The number of hydrogen-bond donors (Lipinski definition) is 1. The largest absolute Gasteiger partial charge is 0.306 e. The minimum atomic E-state index is -5.62. The van der Waals surface area contributed by atoms with Crippen molar-refractivity contribution in [2.75, 3.05) is 7.05 Å². The zero-order chi connectivity index (χ0) is 37.1.